The minimum absolute atomic E-state index is 0.306. The van der Waals surface area contributed by atoms with Crippen molar-refractivity contribution in [3.8, 4) is 0 Å². The molecular weight excluding hydrogens is 206 g/mol. The molecule has 0 aromatic carbocycles. The predicted octanol–water partition coefficient (Wildman–Crippen LogP) is 1.65. The van der Waals surface area contributed by atoms with E-state index in [2.05, 4.69) is 5.32 Å². The number of hydrogen-bond donors (Lipinski definition) is 2. The van der Waals surface area contributed by atoms with Crippen molar-refractivity contribution in [2.24, 2.45) is 5.92 Å². The summed E-state index contributed by atoms with van der Waals surface area (Å²) in [6, 6.07) is 0. The van der Waals surface area contributed by atoms with Crippen molar-refractivity contribution in [3.05, 3.63) is 0 Å². The van der Waals surface area contributed by atoms with E-state index in [0.29, 0.717) is 6.42 Å². The first-order valence-electron chi connectivity index (χ1n) is 6.29. The van der Waals surface area contributed by atoms with Crippen LogP contribution in [0.1, 0.15) is 38.5 Å². The molecule has 0 bridgehead atoms. The van der Waals surface area contributed by atoms with Crippen LogP contribution in [0.3, 0.4) is 0 Å². The van der Waals surface area contributed by atoms with E-state index in [1.807, 2.05) is 0 Å². The van der Waals surface area contributed by atoms with Gasteiger partial charge in [-0.15, -0.1) is 0 Å². The number of rotatable bonds is 8. The van der Waals surface area contributed by atoms with Gasteiger partial charge in [-0.05, 0) is 44.7 Å². The maximum atomic E-state index is 10.3. The van der Waals surface area contributed by atoms with Gasteiger partial charge in [0.05, 0.1) is 0 Å². The largest absolute Gasteiger partial charge is 0.481 e. The molecule has 1 heterocycles. The number of carboxylic acid groups (broad SMARTS) is 1. The monoisotopic (exact) mass is 229 g/mol. The third kappa shape index (κ3) is 6.80. The Labute approximate surface area is 97.4 Å². The number of ether oxygens (including phenoxy) is 1. The summed E-state index contributed by atoms with van der Waals surface area (Å²) < 4.78 is 5.30. The molecule has 16 heavy (non-hydrogen) atoms. The Morgan fingerprint density at radius 1 is 1.25 bits per heavy atom. The zero-order valence-corrected chi connectivity index (χ0v) is 9.91. The van der Waals surface area contributed by atoms with Crippen molar-refractivity contribution in [1.82, 2.24) is 5.32 Å². The Morgan fingerprint density at radius 3 is 2.69 bits per heavy atom. The van der Waals surface area contributed by atoms with Gasteiger partial charge in [0, 0.05) is 19.6 Å². The summed E-state index contributed by atoms with van der Waals surface area (Å²) in [5.41, 5.74) is 0. The molecule has 0 aromatic rings. The maximum absolute atomic E-state index is 10.3. The van der Waals surface area contributed by atoms with Gasteiger partial charge in [-0.25, -0.2) is 0 Å². The molecule has 0 aromatic heterocycles. The van der Waals surface area contributed by atoms with Crippen molar-refractivity contribution in [1.29, 1.82) is 0 Å². The van der Waals surface area contributed by atoms with E-state index in [9.17, 15) is 4.79 Å². The molecular formula is C12H23NO3. The fraction of sp³-hybridized carbons (Fsp3) is 0.917. The van der Waals surface area contributed by atoms with Crippen LogP contribution in [-0.4, -0.2) is 37.4 Å². The number of carboxylic acids is 1. The van der Waals surface area contributed by atoms with Gasteiger partial charge >= 0.3 is 5.97 Å². The maximum Gasteiger partial charge on any atom is 0.303 e. The van der Waals surface area contributed by atoms with Crippen LogP contribution in [0, 0.1) is 5.92 Å². The molecule has 0 atom stereocenters. The number of nitrogens with one attached hydrogen (secondary N) is 1. The van der Waals surface area contributed by atoms with Gasteiger partial charge in [-0.1, -0.05) is 6.42 Å². The van der Waals surface area contributed by atoms with Crippen LogP contribution < -0.4 is 5.32 Å². The van der Waals surface area contributed by atoms with Crippen molar-refractivity contribution >= 4 is 5.97 Å². The lowest BCUT2D eigenvalue weighted by Crippen LogP contribution is -2.28. The van der Waals surface area contributed by atoms with E-state index in [-0.39, 0.29) is 0 Å². The summed E-state index contributed by atoms with van der Waals surface area (Å²) in [6.07, 6.45) is 5.54. The summed E-state index contributed by atoms with van der Waals surface area (Å²) in [5, 5.41) is 11.9. The van der Waals surface area contributed by atoms with Gasteiger partial charge in [0.1, 0.15) is 0 Å². The second kappa shape index (κ2) is 8.53. The highest BCUT2D eigenvalue weighted by Gasteiger charge is 2.12. The average Bonchev–Trinajstić information content (AvgIpc) is 2.29. The molecule has 94 valence electrons. The molecule has 1 aliphatic rings. The van der Waals surface area contributed by atoms with Gasteiger partial charge < -0.3 is 15.2 Å². The summed E-state index contributed by atoms with van der Waals surface area (Å²) in [4.78, 5) is 10.3. The predicted molar refractivity (Wildman–Crippen MR) is 62.5 cm³/mol. The van der Waals surface area contributed by atoms with Crippen molar-refractivity contribution < 1.29 is 14.6 Å². The molecule has 0 radical (unpaired) electrons. The quantitative estimate of drug-likeness (QED) is 0.621. The fourth-order valence-corrected chi connectivity index (χ4v) is 1.96. The first-order valence-corrected chi connectivity index (χ1v) is 6.29. The minimum Gasteiger partial charge on any atom is -0.481 e. The van der Waals surface area contributed by atoms with Gasteiger partial charge in [-0.3, -0.25) is 4.79 Å². The molecule has 0 spiro atoms. The van der Waals surface area contributed by atoms with Crippen LogP contribution in [0.2, 0.25) is 0 Å². The number of unbranched alkanes of at least 4 members (excludes halogenated alkanes) is 2. The Kier molecular flexibility index (Phi) is 7.17. The second-order valence-electron chi connectivity index (χ2n) is 4.46. The Hall–Kier alpha value is -0.610. The van der Waals surface area contributed by atoms with Crippen LogP contribution in [0.25, 0.3) is 0 Å². The van der Waals surface area contributed by atoms with E-state index < -0.39 is 5.97 Å². The number of carbonyl (C=O) groups is 1. The van der Waals surface area contributed by atoms with Crippen LogP contribution in [0.4, 0.5) is 0 Å². The summed E-state index contributed by atoms with van der Waals surface area (Å²) in [7, 11) is 0. The van der Waals surface area contributed by atoms with Crippen LogP contribution in [0.15, 0.2) is 0 Å². The molecule has 1 saturated heterocycles. The molecule has 1 fully saturated rings. The molecule has 4 nitrogen and oxygen atoms in total. The van der Waals surface area contributed by atoms with Gasteiger partial charge in [-0.2, -0.15) is 0 Å². The van der Waals surface area contributed by atoms with E-state index in [1.165, 1.54) is 12.8 Å². The molecule has 0 amide bonds. The molecule has 4 heteroatoms. The van der Waals surface area contributed by atoms with Crippen molar-refractivity contribution in [2.45, 2.75) is 38.5 Å². The first kappa shape index (κ1) is 13.5. The lowest BCUT2D eigenvalue weighted by Gasteiger charge is -2.22. The average molecular weight is 229 g/mol. The highest BCUT2D eigenvalue weighted by atomic mass is 16.5. The molecule has 0 unspecified atom stereocenters. The summed E-state index contributed by atoms with van der Waals surface area (Å²) in [5.74, 6) is 0.0861. The SMILES string of the molecule is O=C(O)CCCCCNCC1CCOCC1. The summed E-state index contributed by atoms with van der Waals surface area (Å²) in [6.45, 7) is 3.91. The van der Waals surface area contributed by atoms with E-state index in [1.54, 1.807) is 0 Å². The van der Waals surface area contributed by atoms with Crippen molar-refractivity contribution in [3.63, 3.8) is 0 Å². The van der Waals surface area contributed by atoms with Gasteiger partial charge in [0.2, 0.25) is 0 Å². The lowest BCUT2D eigenvalue weighted by atomic mass is 10.0. The van der Waals surface area contributed by atoms with Gasteiger partial charge in [0.15, 0.2) is 0 Å². The Balaban J connectivity index is 1.82. The van der Waals surface area contributed by atoms with Crippen LogP contribution in [-0.2, 0) is 9.53 Å². The molecule has 0 aliphatic carbocycles. The summed E-state index contributed by atoms with van der Waals surface area (Å²) >= 11 is 0. The zero-order chi connectivity index (χ0) is 11.6. The normalized spacial score (nSPS) is 17.5. The third-order valence-corrected chi connectivity index (χ3v) is 3.02. The van der Waals surface area contributed by atoms with E-state index >= 15 is 0 Å². The highest BCUT2D eigenvalue weighted by Crippen LogP contribution is 2.13. The van der Waals surface area contributed by atoms with Gasteiger partial charge in [0.25, 0.3) is 0 Å². The standard InChI is InChI=1S/C12H23NO3/c14-12(15)4-2-1-3-7-13-10-11-5-8-16-9-6-11/h11,13H,1-10H2,(H,14,15). The number of hydrogen-bond acceptors (Lipinski definition) is 3. The highest BCUT2D eigenvalue weighted by molar-refractivity contribution is 5.66. The third-order valence-electron chi connectivity index (χ3n) is 3.02. The van der Waals surface area contributed by atoms with Crippen molar-refractivity contribution in [2.75, 3.05) is 26.3 Å². The Bertz CT molecular complexity index is 191. The molecule has 1 aliphatic heterocycles. The molecule has 1 rings (SSSR count). The Morgan fingerprint density at radius 2 is 2.00 bits per heavy atom. The zero-order valence-electron chi connectivity index (χ0n) is 9.91. The fourth-order valence-electron chi connectivity index (χ4n) is 1.96. The number of aliphatic carboxylic acids is 1. The second-order valence-corrected chi connectivity index (χ2v) is 4.46. The smallest absolute Gasteiger partial charge is 0.303 e. The lowest BCUT2D eigenvalue weighted by molar-refractivity contribution is -0.137. The minimum atomic E-state index is -0.685. The molecule has 2 N–H and O–H groups in total. The first-order chi connectivity index (χ1) is 7.79. The topological polar surface area (TPSA) is 58.6 Å². The van der Waals surface area contributed by atoms with Crippen LogP contribution >= 0.6 is 0 Å². The van der Waals surface area contributed by atoms with E-state index in [4.69, 9.17) is 9.84 Å². The molecule has 0 saturated carbocycles. The van der Waals surface area contributed by atoms with Crippen LogP contribution in [0.5, 0.6) is 0 Å². The van der Waals surface area contributed by atoms with E-state index in [0.717, 1.165) is 51.5 Å².